The molecule has 0 saturated carbocycles. The lowest BCUT2D eigenvalue weighted by Gasteiger charge is -2.29. The number of aryl methyl sites for hydroxylation is 2. The third kappa shape index (κ3) is 3.75. The Hall–Kier alpha value is -1.95. The zero-order valence-corrected chi connectivity index (χ0v) is 14.8. The van der Waals surface area contributed by atoms with Gasteiger partial charge in [-0.15, -0.1) is 0 Å². The molecular formula is C18H26N4O2. The van der Waals surface area contributed by atoms with Crippen LogP contribution in [0.15, 0.2) is 10.6 Å². The second kappa shape index (κ2) is 7.30. The van der Waals surface area contributed by atoms with Crippen molar-refractivity contribution in [3.63, 3.8) is 0 Å². The lowest BCUT2D eigenvalue weighted by Crippen LogP contribution is -2.38. The highest BCUT2D eigenvalue weighted by Crippen LogP contribution is 2.21. The lowest BCUT2D eigenvalue weighted by atomic mass is 10.1. The van der Waals surface area contributed by atoms with Crippen LogP contribution in [0, 0.1) is 19.8 Å². The van der Waals surface area contributed by atoms with Crippen molar-refractivity contribution in [3.05, 3.63) is 23.0 Å². The Kier molecular flexibility index (Phi) is 5.14. The molecule has 1 saturated heterocycles. The van der Waals surface area contributed by atoms with Crippen molar-refractivity contribution in [2.24, 2.45) is 5.92 Å². The summed E-state index contributed by atoms with van der Waals surface area (Å²) in [5.74, 6) is 0.344. The fourth-order valence-corrected chi connectivity index (χ4v) is 3.41. The molecule has 1 aliphatic rings. The average molecular weight is 330 g/mol. The van der Waals surface area contributed by atoms with Gasteiger partial charge in [0.15, 0.2) is 0 Å². The zero-order valence-electron chi connectivity index (χ0n) is 14.8. The Morgan fingerprint density at radius 1 is 1.33 bits per heavy atom. The van der Waals surface area contributed by atoms with Crippen LogP contribution in [0.5, 0.6) is 0 Å². The molecule has 1 amide bonds. The molecule has 0 radical (unpaired) electrons. The number of aromatic nitrogens is 2. The number of fused-ring (bicyclic) bond motifs is 1. The number of hydrogen-bond acceptors (Lipinski definition) is 5. The van der Waals surface area contributed by atoms with Crippen LogP contribution in [0.3, 0.4) is 0 Å². The first kappa shape index (κ1) is 16.9. The van der Waals surface area contributed by atoms with Crippen LogP contribution in [0.2, 0.25) is 0 Å². The molecule has 2 aromatic heterocycles. The van der Waals surface area contributed by atoms with E-state index in [-0.39, 0.29) is 5.91 Å². The molecule has 1 N–H and O–H groups in total. The minimum absolute atomic E-state index is 0.0812. The van der Waals surface area contributed by atoms with Gasteiger partial charge in [0.25, 0.3) is 11.6 Å². The van der Waals surface area contributed by atoms with E-state index in [4.69, 9.17) is 4.52 Å². The molecule has 130 valence electrons. The highest BCUT2D eigenvalue weighted by molar-refractivity contribution is 6.06. The first-order valence-corrected chi connectivity index (χ1v) is 8.79. The van der Waals surface area contributed by atoms with Gasteiger partial charge in [-0.25, -0.2) is 4.98 Å². The minimum atomic E-state index is -0.0812. The van der Waals surface area contributed by atoms with Crippen LogP contribution >= 0.6 is 0 Å². The smallest absolute Gasteiger partial charge is 0.258 e. The predicted octanol–water partition coefficient (Wildman–Crippen LogP) is 2.69. The van der Waals surface area contributed by atoms with Crippen molar-refractivity contribution in [2.75, 3.05) is 26.2 Å². The molecule has 3 rings (SSSR count). The second-order valence-electron chi connectivity index (χ2n) is 6.94. The summed E-state index contributed by atoms with van der Waals surface area (Å²) < 4.78 is 5.20. The average Bonchev–Trinajstić information content (AvgIpc) is 2.93. The van der Waals surface area contributed by atoms with Crippen LogP contribution < -0.4 is 5.32 Å². The molecule has 0 aliphatic carbocycles. The molecular weight excluding hydrogens is 304 g/mol. The maximum atomic E-state index is 12.6. The van der Waals surface area contributed by atoms with Crippen LogP contribution in [0.1, 0.15) is 47.9 Å². The molecule has 6 heteroatoms. The molecule has 0 aromatic carbocycles. The number of nitrogens with one attached hydrogen (secondary N) is 1. The number of hydrogen-bond donors (Lipinski definition) is 1. The van der Waals surface area contributed by atoms with Gasteiger partial charge in [0.2, 0.25) is 0 Å². The first-order chi connectivity index (χ1) is 11.5. The van der Waals surface area contributed by atoms with E-state index >= 15 is 0 Å². The predicted molar refractivity (Wildman–Crippen MR) is 93.1 cm³/mol. The molecule has 3 heterocycles. The van der Waals surface area contributed by atoms with E-state index in [1.54, 1.807) is 6.07 Å². The molecule has 2 aromatic rings. The Bertz CT molecular complexity index is 719. The van der Waals surface area contributed by atoms with Gasteiger partial charge in [-0.1, -0.05) is 18.5 Å². The molecule has 6 nitrogen and oxygen atoms in total. The SMILES string of the molecule is Cc1cc(C(=O)NC[C@H](C)CN2CCCCC2)c2c(C)noc2n1. The summed E-state index contributed by atoms with van der Waals surface area (Å²) in [5.41, 5.74) is 2.48. The standard InChI is InChI=1S/C18H26N4O2/c1-12(11-22-7-5-4-6-8-22)10-19-17(23)15-9-13(2)20-18-16(15)14(3)21-24-18/h9,12H,4-8,10-11H2,1-3H3,(H,19,23)/t12-/m0/s1. The van der Waals surface area contributed by atoms with Crippen molar-refractivity contribution in [2.45, 2.75) is 40.0 Å². The van der Waals surface area contributed by atoms with Crippen molar-refractivity contribution < 1.29 is 9.32 Å². The Morgan fingerprint density at radius 2 is 2.08 bits per heavy atom. The summed E-state index contributed by atoms with van der Waals surface area (Å²) in [6.45, 7) is 9.95. The summed E-state index contributed by atoms with van der Waals surface area (Å²) in [6.07, 6.45) is 3.93. The van der Waals surface area contributed by atoms with Gasteiger partial charge in [0.1, 0.15) is 0 Å². The number of rotatable bonds is 5. The summed E-state index contributed by atoms with van der Waals surface area (Å²) in [5, 5.41) is 7.70. The number of pyridine rings is 1. The van der Waals surface area contributed by atoms with E-state index < -0.39 is 0 Å². The van der Waals surface area contributed by atoms with Gasteiger partial charge in [-0.2, -0.15) is 0 Å². The quantitative estimate of drug-likeness (QED) is 0.912. The van der Waals surface area contributed by atoms with E-state index in [0.29, 0.717) is 34.8 Å². The minimum Gasteiger partial charge on any atom is -0.352 e. The highest BCUT2D eigenvalue weighted by Gasteiger charge is 2.19. The van der Waals surface area contributed by atoms with Crippen LogP contribution in [0.25, 0.3) is 11.1 Å². The van der Waals surface area contributed by atoms with E-state index in [9.17, 15) is 4.79 Å². The van der Waals surface area contributed by atoms with Crippen molar-refractivity contribution in [1.29, 1.82) is 0 Å². The summed E-state index contributed by atoms with van der Waals surface area (Å²) in [7, 11) is 0. The van der Waals surface area contributed by atoms with Crippen molar-refractivity contribution in [3.8, 4) is 0 Å². The fraction of sp³-hybridized carbons (Fsp3) is 0.611. The Labute approximate surface area is 142 Å². The van der Waals surface area contributed by atoms with Crippen molar-refractivity contribution >= 4 is 17.0 Å². The number of carbonyl (C=O) groups excluding carboxylic acids is 1. The van der Waals surface area contributed by atoms with Gasteiger partial charge >= 0.3 is 0 Å². The van der Waals surface area contributed by atoms with E-state index in [1.165, 1.54) is 32.4 Å². The maximum Gasteiger partial charge on any atom is 0.258 e. The fourth-order valence-electron chi connectivity index (χ4n) is 3.41. The Morgan fingerprint density at radius 3 is 2.83 bits per heavy atom. The normalized spacial score (nSPS) is 17.1. The molecule has 1 atom stereocenters. The molecule has 0 unspecified atom stereocenters. The van der Waals surface area contributed by atoms with E-state index in [2.05, 4.69) is 27.3 Å². The number of likely N-dealkylation sites (tertiary alicyclic amines) is 1. The maximum absolute atomic E-state index is 12.6. The topological polar surface area (TPSA) is 71.3 Å². The van der Waals surface area contributed by atoms with Gasteiger partial charge in [0, 0.05) is 18.8 Å². The first-order valence-electron chi connectivity index (χ1n) is 8.79. The summed E-state index contributed by atoms with van der Waals surface area (Å²) in [6, 6.07) is 1.80. The zero-order chi connectivity index (χ0) is 17.1. The number of piperidine rings is 1. The largest absolute Gasteiger partial charge is 0.352 e. The summed E-state index contributed by atoms with van der Waals surface area (Å²) in [4.78, 5) is 19.4. The van der Waals surface area contributed by atoms with Crippen LogP contribution in [-0.4, -0.2) is 47.1 Å². The Balaban J connectivity index is 1.63. The lowest BCUT2D eigenvalue weighted by molar-refractivity contribution is 0.0944. The molecule has 1 fully saturated rings. The van der Waals surface area contributed by atoms with E-state index in [0.717, 1.165) is 12.2 Å². The van der Waals surface area contributed by atoms with Gasteiger partial charge in [-0.3, -0.25) is 4.79 Å². The summed E-state index contributed by atoms with van der Waals surface area (Å²) >= 11 is 0. The third-order valence-corrected chi connectivity index (χ3v) is 4.62. The van der Waals surface area contributed by atoms with Crippen molar-refractivity contribution in [1.82, 2.24) is 20.4 Å². The molecule has 24 heavy (non-hydrogen) atoms. The van der Waals surface area contributed by atoms with Crippen LogP contribution in [0.4, 0.5) is 0 Å². The number of amides is 1. The monoisotopic (exact) mass is 330 g/mol. The van der Waals surface area contributed by atoms with Crippen LogP contribution in [-0.2, 0) is 0 Å². The highest BCUT2D eigenvalue weighted by atomic mass is 16.5. The number of nitrogens with zero attached hydrogens (tertiary/aromatic N) is 3. The number of carbonyl (C=O) groups is 1. The van der Waals surface area contributed by atoms with Gasteiger partial charge < -0.3 is 14.7 Å². The molecule has 0 bridgehead atoms. The third-order valence-electron chi connectivity index (χ3n) is 4.62. The van der Waals surface area contributed by atoms with E-state index in [1.807, 2.05) is 13.8 Å². The second-order valence-corrected chi connectivity index (χ2v) is 6.94. The van der Waals surface area contributed by atoms with Gasteiger partial charge in [-0.05, 0) is 51.8 Å². The van der Waals surface area contributed by atoms with Gasteiger partial charge in [0.05, 0.1) is 16.6 Å². The molecule has 1 aliphatic heterocycles. The molecule has 0 spiro atoms.